The third kappa shape index (κ3) is 3.00. The molecule has 0 N–H and O–H groups in total. The minimum atomic E-state index is -0.925. The molecule has 0 amide bonds. The molecule has 0 aliphatic heterocycles. The lowest BCUT2D eigenvalue weighted by Crippen LogP contribution is -2.11. The first kappa shape index (κ1) is 13.3. The summed E-state index contributed by atoms with van der Waals surface area (Å²) >= 11 is 6.64. The van der Waals surface area contributed by atoms with E-state index in [9.17, 15) is 4.79 Å². The van der Waals surface area contributed by atoms with Crippen LogP contribution >= 0.6 is 31.9 Å². The molecule has 0 aromatic heterocycles. The Bertz CT molecular complexity index is 539. The van der Waals surface area contributed by atoms with Crippen molar-refractivity contribution in [2.24, 2.45) is 0 Å². The van der Waals surface area contributed by atoms with Crippen molar-refractivity contribution < 1.29 is 9.53 Å². The van der Waals surface area contributed by atoms with Crippen LogP contribution in [0.4, 0.5) is 0 Å². The molecule has 0 radical (unpaired) electrons. The Labute approximate surface area is 122 Å². The monoisotopic (exact) mass is 368 g/mol. The van der Waals surface area contributed by atoms with Crippen molar-refractivity contribution in [2.75, 3.05) is 0 Å². The van der Waals surface area contributed by atoms with Gasteiger partial charge in [0.25, 0.3) is 0 Å². The summed E-state index contributed by atoms with van der Waals surface area (Å²) in [5.41, 5.74) is 0.726. The summed E-state index contributed by atoms with van der Waals surface area (Å²) in [5.74, 6) is 1.36. The molecule has 0 aliphatic carbocycles. The van der Waals surface area contributed by atoms with E-state index < -0.39 is 3.23 Å². The highest BCUT2D eigenvalue weighted by atomic mass is 79.9. The van der Waals surface area contributed by atoms with Gasteiger partial charge in [-0.05, 0) is 18.2 Å². The Kier molecular flexibility index (Phi) is 4.19. The molecule has 0 saturated carbocycles. The minimum absolute atomic E-state index is 0.629. The van der Waals surface area contributed by atoms with Crippen LogP contribution in [0.2, 0.25) is 0 Å². The highest BCUT2D eigenvalue weighted by Gasteiger charge is 2.28. The Hall–Kier alpha value is -1.13. The molecule has 4 heteroatoms. The topological polar surface area (TPSA) is 26.3 Å². The van der Waals surface area contributed by atoms with E-state index in [2.05, 4.69) is 31.9 Å². The summed E-state index contributed by atoms with van der Waals surface area (Å²) in [7, 11) is 0. The molecule has 0 saturated heterocycles. The predicted molar refractivity (Wildman–Crippen MR) is 78.6 cm³/mol. The van der Waals surface area contributed by atoms with Crippen LogP contribution in [-0.4, -0.2) is 6.29 Å². The van der Waals surface area contributed by atoms with Gasteiger partial charge < -0.3 is 9.53 Å². The number of ether oxygens (including phenoxy) is 1. The van der Waals surface area contributed by atoms with Gasteiger partial charge in [0.1, 0.15) is 11.5 Å². The SMILES string of the molecule is O=CC(Br)(Br)c1ccccc1Oc1ccccc1. The summed E-state index contributed by atoms with van der Waals surface area (Å²) in [4.78, 5) is 11.1. The number of alkyl halides is 2. The first-order chi connectivity index (χ1) is 8.63. The number of hydrogen-bond donors (Lipinski definition) is 0. The molecule has 2 aromatic carbocycles. The molecule has 2 nitrogen and oxygen atoms in total. The lowest BCUT2D eigenvalue weighted by molar-refractivity contribution is -0.107. The van der Waals surface area contributed by atoms with Crippen molar-refractivity contribution in [3.8, 4) is 11.5 Å². The third-order valence-corrected chi connectivity index (χ3v) is 3.59. The molecule has 2 aromatic rings. The van der Waals surface area contributed by atoms with E-state index in [0.29, 0.717) is 5.75 Å². The molecular formula is C14H10Br2O2. The average molecular weight is 370 g/mol. The number of carbonyl (C=O) groups excluding carboxylic acids is 1. The first-order valence-corrected chi connectivity index (χ1v) is 6.88. The lowest BCUT2D eigenvalue weighted by atomic mass is 10.1. The molecule has 0 unspecified atom stereocenters. The Morgan fingerprint density at radius 1 is 0.944 bits per heavy atom. The van der Waals surface area contributed by atoms with Gasteiger partial charge in [-0.25, -0.2) is 0 Å². The van der Waals surface area contributed by atoms with Crippen LogP contribution in [0.15, 0.2) is 54.6 Å². The fraction of sp³-hybridized carbons (Fsp3) is 0.0714. The van der Waals surface area contributed by atoms with Crippen LogP contribution in [0.1, 0.15) is 5.56 Å². The van der Waals surface area contributed by atoms with Crippen LogP contribution in [0.25, 0.3) is 0 Å². The van der Waals surface area contributed by atoms with Crippen molar-refractivity contribution in [2.45, 2.75) is 3.23 Å². The van der Waals surface area contributed by atoms with E-state index in [1.807, 2.05) is 54.6 Å². The molecule has 0 heterocycles. The number of aldehydes is 1. The van der Waals surface area contributed by atoms with Gasteiger partial charge in [-0.15, -0.1) is 0 Å². The normalized spacial score (nSPS) is 11.0. The van der Waals surface area contributed by atoms with E-state index in [0.717, 1.165) is 17.6 Å². The maximum Gasteiger partial charge on any atom is 0.164 e. The molecule has 92 valence electrons. The number of para-hydroxylation sites is 2. The summed E-state index contributed by atoms with van der Waals surface area (Å²) in [5, 5.41) is 0. The zero-order valence-corrected chi connectivity index (χ0v) is 12.5. The second kappa shape index (κ2) is 5.67. The molecule has 0 atom stereocenters. The van der Waals surface area contributed by atoms with Gasteiger partial charge in [-0.2, -0.15) is 0 Å². The molecular weight excluding hydrogens is 360 g/mol. The zero-order valence-electron chi connectivity index (χ0n) is 9.35. The van der Waals surface area contributed by atoms with Gasteiger partial charge in [0.15, 0.2) is 9.52 Å². The summed E-state index contributed by atoms with van der Waals surface area (Å²) < 4.78 is 4.85. The smallest absolute Gasteiger partial charge is 0.164 e. The van der Waals surface area contributed by atoms with Gasteiger partial charge in [0.05, 0.1) is 0 Å². The average Bonchev–Trinajstić information content (AvgIpc) is 2.40. The number of carbonyl (C=O) groups is 1. The second-order valence-corrected chi connectivity index (χ2v) is 7.22. The highest BCUT2D eigenvalue weighted by molar-refractivity contribution is 9.25. The molecule has 18 heavy (non-hydrogen) atoms. The maximum atomic E-state index is 11.1. The largest absolute Gasteiger partial charge is 0.457 e. The molecule has 2 rings (SSSR count). The van der Waals surface area contributed by atoms with Gasteiger partial charge in [0.2, 0.25) is 0 Å². The minimum Gasteiger partial charge on any atom is -0.457 e. The highest BCUT2D eigenvalue weighted by Crippen LogP contribution is 2.42. The van der Waals surface area contributed by atoms with Gasteiger partial charge >= 0.3 is 0 Å². The number of rotatable bonds is 4. The van der Waals surface area contributed by atoms with Crippen molar-refractivity contribution in [3.05, 3.63) is 60.2 Å². The van der Waals surface area contributed by atoms with Crippen LogP contribution in [0, 0.1) is 0 Å². The van der Waals surface area contributed by atoms with Crippen LogP contribution in [0.3, 0.4) is 0 Å². The van der Waals surface area contributed by atoms with E-state index in [-0.39, 0.29) is 0 Å². The van der Waals surface area contributed by atoms with E-state index >= 15 is 0 Å². The Morgan fingerprint density at radius 3 is 2.22 bits per heavy atom. The third-order valence-electron chi connectivity index (χ3n) is 2.37. The molecule has 0 spiro atoms. The predicted octanol–water partition coefficient (Wildman–Crippen LogP) is 4.62. The maximum absolute atomic E-state index is 11.1. The standard InChI is InChI=1S/C14H10Br2O2/c15-14(16,10-17)12-8-4-5-9-13(12)18-11-6-2-1-3-7-11/h1-10H. The van der Waals surface area contributed by atoms with Gasteiger partial charge in [-0.1, -0.05) is 68.3 Å². The van der Waals surface area contributed by atoms with Crippen LogP contribution < -0.4 is 4.74 Å². The van der Waals surface area contributed by atoms with E-state index in [4.69, 9.17) is 4.74 Å². The van der Waals surface area contributed by atoms with Crippen molar-refractivity contribution in [1.82, 2.24) is 0 Å². The quantitative estimate of drug-likeness (QED) is 0.580. The zero-order chi connectivity index (χ0) is 13.0. The van der Waals surface area contributed by atoms with Crippen molar-refractivity contribution in [3.63, 3.8) is 0 Å². The summed E-state index contributed by atoms with van der Waals surface area (Å²) in [6.07, 6.45) is 0.778. The van der Waals surface area contributed by atoms with Crippen LogP contribution in [-0.2, 0) is 8.03 Å². The van der Waals surface area contributed by atoms with Gasteiger partial charge in [-0.3, -0.25) is 0 Å². The van der Waals surface area contributed by atoms with Crippen molar-refractivity contribution >= 4 is 38.1 Å². The van der Waals surface area contributed by atoms with E-state index in [1.165, 1.54) is 0 Å². The fourth-order valence-electron chi connectivity index (χ4n) is 1.51. The number of hydrogen-bond acceptors (Lipinski definition) is 2. The Morgan fingerprint density at radius 2 is 1.56 bits per heavy atom. The fourth-order valence-corrected chi connectivity index (χ4v) is 2.17. The number of halogens is 2. The molecule has 0 fully saturated rings. The van der Waals surface area contributed by atoms with Gasteiger partial charge in [0, 0.05) is 5.56 Å². The Balaban J connectivity index is 2.37. The van der Waals surface area contributed by atoms with E-state index in [1.54, 1.807) is 0 Å². The lowest BCUT2D eigenvalue weighted by Gasteiger charge is -2.17. The van der Waals surface area contributed by atoms with Crippen molar-refractivity contribution in [1.29, 1.82) is 0 Å². The van der Waals surface area contributed by atoms with Crippen LogP contribution in [0.5, 0.6) is 11.5 Å². The summed E-state index contributed by atoms with van der Waals surface area (Å²) in [6.45, 7) is 0. The molecule has 0 aliphatic rings. The second-order valence-electron chi connectivity index (χ2n) is 3.65. The number of benzene rings is 2. The first-order valence-electron chi connectivity index (χ1n) is 5.30. The summed E-state index contributed by atoms with van der Waals surface area (Å²) in [6, 6.07) is 16.8. The molecule has 0 bridgehead atoms.